The molecule has 358 valence electrons. The van der Waals surface area contributed by atoms with Crippen LogP contribution in [0, 0.1) is 0 Å². The molecule has 6 nitrogen and oxygen atoms in total. The van der Waals surface area contributed by atoms with Crippen LogP contribution in [0.5, 0.6) is 0 Å². The molecule has 0 saturated carbocycles. The molecule has 62 heavy (non-hydrogen) atoms. The fraction of sp³-hybridized carbons (Fsp3) is 0.768. The van der Waals surface area contributed by atoms with E-state index in [2.05, 4.69) is 81.5 Å². The van der Waals surface area contributed by atoms with E-state index < -0.39 is 6.10 Å². The Morgan fingerprint density at radius 3 is 1.02 bits per heavy atom. The first-order valence-corrected chi connectivity index (χ1v) is 26.3. The molecule has 0 aliphatic rings. The second-order valence-electron chi connectivity index (χ2n) is 17.4. The normalized spacial score (nSPS) is 12.5. The molecule has 0 saturated heterocycles. The van der Waals surface area contributed by atoms with Crippen LogP contribution in [0.1, 0.15) is 258 Å². The summed E-state index contributed by atoms with van der Waals surface area (Å²) in [6.07, 6.45) is 62.1. The number of carbonyl (C=O) groups excluding carboxylic acids is 3. The van der Waals surface area contributed by atoms with Gasteiger partial charge in [-0.15, -0.1) is 0 Å². The minimum atomic E-state index is -0.795. The highest BCUT2D eigenvalue weighted by Crippen LogP contribution is 2.14. The average Bonchev–Trinajstić information content (AvgIpc) is 3.27. The zero-order valence-corrected chi connectivity index (χ0v) is 40.9. The van der Waals surface area contributed by atoms with E-state index in [0.29, 0.717) is 19.3 Å². The van der Waals surface area contributed by atoms with Gasteiger partial charge >= 0.3 is 17.9 Å². The van der Waals surface area contributed by atoms with Crippen LogP contribution in [0.4, 0.5) is 0 Å². The molecule has 0 rings (SSSR count). The summed E-state index contributed by atoms with van der Waals surface area (Å²) in [5.41, 5.74) is 0. The molecule has 0 aliphatic carbocycles. The summed E-state index contributed by atoms with van der Waals surface area (Å²) >= 11 is 0. The summed E-state index contributed by atoms with van der Waals surface area (Å²) in [6.45, 7) is 6.55. The van der Waals surface area contributed by atoms with Crippen LogP contribution in [0.3, 0.4) is 0 Å². The first kappa shape index (κ1) is 59.1. The van der Waals surface area contributed by atoms with Crippen molar-refractivity contribution in [3.05, 3.63) is 60.8 Å². The first-order chi connectivity index (χ1) is 30.5. The predicted octanol–water partition coefficient (Wildman–Crippen LogP) is 17.3. The lowest BCUT2D eigenvalue weighted by molar-refractivity contribution is -0.167. The maximum atomic E-state index is 12.8. The van der Waals surface area contributed by atoms with E-state index in [1.807, 2.05) is 0 Å². The molecule has 0 aliphatic heterocycles. The zero-order chi connectivity index (χ0) is 45.1. The van der Waals surface area contributed by atoms with Gasteiger partial charge in [-0.3, -0.25) is 14.4 Å². The fourth-order valence-electron chi connectivity index (χ4n) is 7.25. The Morgan fingerprint density at radius 1 is 0.323 bits per heavy atom. The lowest BCUT2D eigenvalue weighted by atomic mass is 10.1. The SMILES string of the molecule is CCCCC/C=C\C/C=C\C/C=C\C/C=C\CCCC(=O)OC[C@@H](COC(=O)CCCCCCCCCCCC)OC(=O)CCCCCCCCC/C=C\CCCCCCCC. The Balaban J connectivity index is 4.43. The fourth-order valence-corrected chi connectivity index (χ4v) is 7.25. The minimum Gasteiger partial charge on any atom is -0.462 e. The van der Waals surface area contributed by atoms with E-state index in [-0.39, 0.29) is 37.5 Å². The van der Waals surface area contributed by atoms with Crippen molar-refractivity contribution in [2.75, 3.05) is 13.2 Å². The van der Waals surface area contributed by atoms with Gasteiger partial charge in [-0.25, -0.2) is 0 Å². The van der Waals surface area contributed by atoms with Crippen molar-refractivity contribution in [2.45, 2.75) is 264 Å². The molecular weight excluding hydrogens is 769 g/mol. The molecule has 0 aromatic heterocycles. The molecule has 0 unspecified atom stereocenters. The standard InChI is InChI=1S/C56H98O6/c1-4-7-10-13-16-19-22-24-26-28-30-32-34-37-40-43-46-49-55(58)61-52-53(51-60-54(57)48-45-42-39-36-21-18-15-12-9-6-3)62-56(59)50-47-44-41-38-35-33-31-29-27-25-23-20-17-14-11-8-5-2/h16,19,24-27,30,32,37,40,53H,4-15,17-18,20-23,28-29,31,33-36,38-39,41-52H2,1-3H3/b19-16-,26-24-,27-25-,32-30-,40-37-/t53-/m1/s1. The van der Waals surface area contributed by atoms with E-state index >= 15 is 0 Å². The minimum absolute atomic E-state index is 0.0912. The Bertz CT molecular complexity index is 1130. The van der Waals surface area contributed by atoms with E-state index in [1.54, 1.807) is 0 Å². The summed E-state index contributed by atoms with van der Waals surface area (Å²) in [5, 5.41) is 0. The Labute approximate surface area is 383 Å². The van der Waals surface area contributed by atoms with Crippen LogP contribution in [0.15, 0.2) is 60.8 Å². The number of carbonyl (C=O) groups is 3. The van der Waals surface area contributed by atoms with Gasteiger partial charge in [-0.1, -0.05) is 216 Å². The van der Waals surface area contributed by atoms with E-state index in [4.69, 9.17) is 14.2 Å². The highest BCUT2D eigenvalue weighted by atomic mass is 16.6. The maximum absolute atomic E-state index is 12.8. The largest absolute Gasteiger partial charge is 0.462 e. The van der Waals surface area contributed by atoms with Crippen molar-refractivity contribution in [1.29, 1.82) is 0 Å². The number of unbranched alkanes of at least 4 members (excludes halogenated alkanes) is 26. The summed E-state index contributed by atoms with van der Waals surface area (Å²) in [6, 6.07) is 0. The smallest absolute Gasteiger partial charge is 0.306 e. The lowest BCUT2D eigenvalue weighted by Gasteiger charge is -2.18. The number of hydrogen-bond donors (Lipinski definition) is 0. The Kier molecular flexibility index (Phi) is 48.4. The summed E-state index contributed by atoms with van der Waals surface area (Å²) in [7, 11) is 0. The van der Waals surface area contributed by atoms with E-state index in [9.17, 15) is 14.4 Å². The molecule has 0 N–H and O–H groups in total. The van der Waals surface area contributed by atoms with Crippen LogP contribution in [0.25, 0.3) is 0 Å². The van der Waals surface area contributed by atoms with Gasteiger partial charge in [0.05, 0.1) is 0 Å². The molecular formula is C56H98O6. The van der Waals surface area contributed by atoms with Gasteiger partial charge in [-0.2, -0.15) is 0 Å². The van der Waals surface area contributed by atoms with Crippen molar-refractivity contribution in [3.8, 4) is 0 Å². The predicted molar refractivity (Wildman–Crippen MR) is 265 cm³/mol. The van der Waals surface area contributed by atoms with Gasteiger partial charge in [0.1, 0.15) is 13.2 Å². The molecule has 0 heterocycles. The van der Waals surface area contributed by atoms with Crippen LogP contribution in [-0.2, 0) is 28.6 Å². The third kappa shape index (κ3) is 48.1. The van der Waals surface area contributed by atoms with Gasteiger partial charge < -0.3 is 14.2 Å². The Hall–Kier alpha value is -2.89. The molecule has 0 radical (unpaired) electrons. The average molecular weight is 867 g/mol. The van der Waals surface area contributed by atoms with Gasteiger partial charge in [-0.05, 0) is 83.5 Å². The molecule has 1 atom stereocenters. The van der Waals surface area contributed by atoms with Crippen LogP contribution in [-0.4, -0.2) is 37.2 Å². The topological polar surface area (TPSA) is 78.9 Å². The molecule has 0 spiro atoms. The quantitative estimate of drug-likeness (QED) is 0.0262. The van der Waals surface area contributed by atoms with E-state index in [1.165, 1.54) is 148 Å². The third-order valence-corrected chi connectivity index (χ3v) is 11.2. The Morgan fingerprint density at radius 2 is 0.597 bits per heavy atom. The second-order valence-corrected chi connectivity index (χ2v) is 17.4. The van der Waals surface area contributed by atoms with Crippen molar-refractivity contribution in [2.24, 2.45) is 0 Å². The lowest BCUT2D eigenvalue weighted by Crippen LogP contribution is -2.30. The highest BCUT2D eigenvalue weighted by molar-refractivity contribution is 5.71. The molecule has 0 aromatic rings. The van der Waals surface area contributed by atoms with Crippen molar-refractivity contribution in [3.63, 3.8) is 0 Å². The maximum Gasteiger partial charge on any atom is 0.306 e. The molecule has 0 aromatic carbocycles. The number of ether oxygens (including phenoxy) is 3. The third-order valence-electron chi connectivity index (χ3n) is 11.2. The second kappa shape index (κ2) is 50.8. The van der Waals surface area contributed by atoms with E-state index in [0.717, 1.165) is 64.2 Å². The van der Waals surface area contributed by atoms with Crippen molar-refractivity contribution >= 4 is 17.9 Å². The first-order valence-electron chi connectivity index (χ1n) is 26.3. The van der Waals surface area contributed by atoms with Crippen LogP contribution in [0.2, 0.25) is 0 Å². The molecule has 0 amide bonds. The molecule has 0 fully saturated rings. The zero-order valence-electron chi connectivity index (χ0n) is 40.9. The summed E-state index contributed by atoms with van der Waals surface area (Å²) in [4.78, 5) is 37.9. The number of allylic oxidation sites excluding steroid dienone is 10. The summed E-state index contributed by atoms with van der Waals surface area (Å²) < 4.78 is 16.7. The highest BCUT2D eigenvalue weighted by Gasteiger charge is 2.19. The van der Waals surface area contributed by atoms with Gasteiger partial charge in [0.15, 0.2) is 6.10 Å². The van der Waals surface area contributed by atoms with Gasteiger partial charge in [0.2, 0.25) is 0 Å². The van der Waals surface area contributed by atoms with Gasteiger partial charge in [0.25, 0.3) is 0 Å². The van der Waals surface area contributed by atoms with Crippen molar-refractivity contribution < 1.29 is 28.6 Å². The molecule has 6 heteroatoms. The van der Waals surface area contributed by atoms with Crippen LogP contribution < -0.4 is 0 Å². The number of hydrogen-bond acceptors (Lipinski definition) is 6. The number of rotatable bonds is 47. The van der Waals surface area contributed by atoms with Gasteiger partial charge in [0, 0.05) is 19.3 Å². The van der Waals surface area contributed by atoms with Crippen LogP contribution >= 0.6 is 0 Å². The monoisotopic (exact) mass is 867 g/mol. The number of esters is 3. The summed E-state index contributed by atoms with van der Waals surface area (Å²) in [5.74, 6) is -0.951. The van der Waals surface area contributed by atoms with Crippen molar-refractivity contribution in [1.82, 2.24) is 0 Å². The molecule has 0 bridgehead atoms.